The first kappa shape index (κ1) is 20.5. The second kappa shape index (κ2) is 9.32. The van der Waals surface area contributed by atoms with Crippen LogP contribution in [0.4, 0.5) is 10.1 Å². The first-order valence-electron chi connectivity index (χ1n) is 9.68. The number of hydrogen-bond acceptors (Lipinski definition) is 3. The first-order valence-corrected chi connectivity index (χ1v) is 9.68. The van der Waals surface area contributed by atoms with Gasteiger partial charge in [-0.3, -0.25) is 14.4 Å². The summed E-state index contributed by atoms with van der Waals surface area (Å²) < 4.78 is 13.5. The van der Waals surface area contributed by atoms with Gasteiger partial charge in [0.2, 0.25) is 5.91 Å². The quantitative estimate of drug-likeness (QED) is 0.736. The molecule has 0 radical (unpaired) electrons. The van der Waals surface area contributed by atoms with Crippen molar-refractivity contribution in [2.24, 2.45) is 0 Å². The molecule has 2 N–H and O–H groups in total. The maximum atomic E-state index is 13.5. The van der Waals surface area contributed by atoms with Crippen LogP contribution in [0.15, 0.2) is 42.5 Å². The van der Waals surface area contributed by atoms with Crippen molar-refractivity contribution >= 4 is 23.4 Å². The Kier molecular flexibility index (Phi) is 6.59. The van der Waals surface area contributed by atoms with Crippen LogP contribution in [0, 0.1) is 12.7 Å². The maximum Gasteiger partial charge on any atom is 0.251 e. The monoisotopic (exact) mass is 397 g/mol. The summed E-state index contributed by atoms with van der Waals surface area (Å²) in [4.78, 5) is 38.0. The van der Waals surface area contributed by atoms with Crippen molar-refractivity contribution < 1.29 is 18.8 Å². The molecular formula is C22H24FN3O3. The molecule has 3 rings (SSSR count). The predicted octanol–water partition coefficient (Wildman–Crippen LogP) is 2.81. The number of anilines is 1. The van der Waals surface area contributed by atoms with Crippen molar-refractivity contribution in [2.75, 3.05) is 24.5 Å². The zero-order chi connectivity index (χ0) is 20.8. The molecule has 1 heterocycles. The molecule has 0 atom stereocenters. The van der Waals surface area contributed by atoms with E-state index >= 15 is 0 Å². The molecule has 0 unspecified atom stereocenters. The van der Waals surface area contributed by atoms with Crippen LogP contribution in [0.2, 0.25) is 0 Å². The lowest BCUT2D eigenvalue weighted by molar-refractivity contribution is -0.119. The Morgan fingerprint density at radius 1 is 0.966 bits per heavy atom. The van der Waals surface area contributed by atoms with Crippen molar-refractivity contribution in [2.45, 2.75) is 26.2 Å². The van der Waals surface area contributed by atoms with E-state index in [4.69, 9.17) is 0 Å². The number of nitrogens with zero attached hydrogens (tertiary/aromatic N) is 1. The van der Waals surface area contributed by atoms with E-state index in [2.05, 4.69) is 10.6 Å². The molecule has 2 aromatic carbocycles. The molecule has 0 saturated carbocycles. The molecule has 29 heavy (non-hydrogen) atoms. The molecule has 1 aliphatic heterocycles. The van der Waals surface area contributed by atoms with Gasteiger partial charge < -0.3 is 15.5 Å². The van der Waals surface area contributed by atoms with E-state index in [1.54, 1.807) is 48.2 Å². The molecule has 0 aromatic heterocycles. The average molecular weight is 397 g/mol. The highest BCUT2D eigenvalue weighted by atomic mass is 19.1. The molecule has 0 aliphatic carbocycles. The van der Waals surface area contributed by atoms with E-state index in [0.717, 1.165) is 18.5 Å². The summed E-state index contributed by atoms with van der Waals surface area (Å²) in [7, 11) is 0. The van der Waals surface area contributed by atoms with Crippen molar-refractivity contribution in [3.63, 3.8) is 0 Å². The fourth-order valence-electron chi connectivity index (χ4n) is 3.16. The van der Waals surface area contributed by atoms with Crippen molar-refractivity contribution in [1.29, 1.82) is 0 Å². The molecule has 1 saturated heterocycles. The average Bonchev–Trinajstić information content (AvgIpc) is 2.73. The van der Waals surface area contributed by atoms with Gasteiger partial charge in [-0.2, -0.15) is 0 Å². The van der Waals surface area contributed by atoms with Gasteiger partial charge in [-0.15, -0.1) is 0 Å². The number of carbonyl (C=O) groups excluding carboxylic acids is 3. The Balaban J connectivity index is 1.46. The van der Waals surface area contributed by atoms with Gasteiger partial charge in [0.25, 0.3) is 11.8 Å². The number of amides is 3. The van der Waals surface area contributed by atoms with Crippen LogP contribution in [0.5, 0.6) is 0 Å². The highest BCUT2D eigenvalue weighted by Crippen LogP contribution is 2.21. The van der Waals surface area contributed by atoms with Crippen LogP contribution in [0.3, 0.4) is 0 Å². The predicted molar refractivity (Wildman–Crippen MR) is 108 cm³/mol. The lowest BCUT2D eigenvalue weighted by atomic mass is 10.1. The third-order valence-electron chi connectivity index (χ3n) is 4.89. The fourth-order valence-corrected chi connectivity index (χ4v) is 3.16. The molecule has 3 amide bonds. The first-order chi connectivity index (χ1) is 14.0. The van der Waals surface area contributed by atoms with Gasteiger partial charge in [-0.1, -0.05) is 6.07 Å². The van der Waals surface area contributed by atoms with Gasteiger partial charge in [-0.05, 0) is 61.7 Å². The number of carbonyl (C=O) groups is 3. The van der Waals surface area contributed by atoms with Gasteiger partial charge in [0.1, 0.15) is 5.82 Å². The standard InChI is InChI=1S/C22H24FN3O3/c1-15-5-6-17(14-19(15)23)22(29)25-12-11-24-21(28)16-7-9-18(10-8-16)26-13-3-2-4-20(26)27/h5-10,14H,2-4,11-13H2,1H3,(H,24,28)(H,25,29). The van der Waals surface area contributed by atoms with E-state index in [9.17, 15) is 18.8 Å². The lowest BCUT2D eigenvalue weighted by Gasteiger charge is -2.26. The molecule has 152 valence electrons. The molecule has 1 fully saturated rings. The summed E-state index contributed by atoms with van der Waals surface area (Å²) in [5.41, 5.74) is 1.99. The Bertz CT molecular complexity index is 912. The number of aryl methyl sites for hydroxylation is 1. The van der Waals surface area contributed by atoms with Crippen molar-refractivity contribution in [1.82, 2.24) is 10.6 Å². The highest BCUT2D eigenvalue weighted by Gasteiger charge is 2.19. The molecular weight excluding hydrogens is 373 g/mol. The second-order valence-electron chi connectivity index (χ2n) is 7.03. The summed E-state index contributed by atoms with van der Waals surface area (Å²) in [6.45, 7) is 2.80. The maximum absolute atomic E-state index is 13.5. The van der Waals surface area contributed by atoms with Crippen LogP contribution in [-0.2, 0) is 4.79 Å². The van der Waals surface area contributed by atoms with E-state index < -0.39 is 11.7 Å². The number of halogens is 1. The molecule has 0 bridgehead atoms. The molecule has 2 aromatic rings. The number of rotatable bonds is 6. The van der Waals surface area contributed by atoms with E-state index in [1.165, 1.54) is 6.07 Å². The Hall–Kier alpha value is -3.22. The SMILES string of the molecule is Cc1ccc(C(=O)NCCNC(=O)c2ccc(N3CCCCC3=O)cc2)cc1F. The second-order valence-corrected chi connectivity index (χ2v) is 7.03. The summed E-state index contributed by atoms with van der Waals surface area (Å²) >= 11 is 0. The number of hydrogen-bond donors (Lipinski definition) is 2. The van der Waals surface area contributed by atoms with Crippen LogP contribution in [-0.4, -0.2) is 37.4 Å². The minimum atomic E-state index is -0.430. The number of nitrogens with one attached hydrogen (secondary N) is 2. The topological polar surface area (TPSA) is 78.5 Å². The van der Waals surface area contributed by atoms with Gasteiger partial charge in [0.05, 0.1) is 0 Å². The summed E-state index contributed by atoms with van der Waals surface area (Å²) in [6, 6.07) is 11.2. The molecule has 7 heteroatoms. The minimum Gasteiger partial charge on any atom is -0.350 e. The number of benzene rings is 2. The van der Waals surface area contributed by atoms with Crippen LogP contribution >= 0.6 is 0 Å². The van der Waals surface area contributed by atoms with Crippen LogP contribution in [0.25, 0.3) is 0 Å². The highest BCUT2D eigenvalue weighted by molar-refractivity contribution is 5.97. The fraction of sp³-hybridized carbons (Fsp3) is 0.318. The van der Waals surface area contributed by atoms with Crippen molar-refractivity contribution in [3.05, 3.63) is 65.0 Å². The third kappa shape index (κ3) is 5.19. The Labute approximate surface area is 169 Å². The molecule has 6 nitrogen and oxygen atoms in total. The summed E-state index contributed by atoms with van der Waals surface area (Å²) in [6.07, 6.45) is 2.46. The van der Waals surface area contributed by atoms with E-state index in [0.29, 0.717) is 24.1 Å². The number of piperidine rings is 1. The largest absolute Gasteiger partial charge is 0.350 e. The Morgan fingerprint density at radius 3 is 2.21 bits per heavy atom. The van der Waals surface area contributed by atoms with Gasteiger partial charge >= 0.3 is 0 Å². The summed E-state index contributed by atoms with van der Waals surface area (Å²) in [5, 5.41) is 5.37. The lowest BCUT2D eigenvalue weighted by Crippen LogP contribution is -2.35. The van der Waals surface area contributed by atoms with Gasteiger partial charge in [0, 0.05) is 42.9 Å². The minimum absolute atomic E-state index is 0.109. The zero-order valence-electron chi connectivity index (χ0n) is 16.3. The van der Waals surface area contributed by atoms with Crippen molar-refractivity contribution in [3.8, 4) is 0 Å². The smallest absolute Gasteiger partial charge is 0.251 e. The van der Waals surface area contributed by atoms with Gasteiger partial charge in [0.15, 0.2) is 0 Å². The molecule has 1 aliphatic rings. The summed E-state index contributed by atoms with van der Waals surface area (Å²) in [5.74, 6) is -0.982. The third-order valence-corrected chi connectivity index (χ3v) is 4.89. The van der Waals surface area contributed by atoms with Crippen LogP contribution in [0.1, 0.15) is 45.5 Å². The van der Waals surface area contributed by atoms with Gasteiger partial charge in [-0.25, -0.2) is 4.39 Å². The van der Waals surface area contributed by atoms with E-state index in [1.807, 2.05) is 0 Å². The van der Waals surface area contributed by atoms with Crippen LogP contribution < -0.4 is 15.5 Å². The molecule has 0 spiro atoms. The Morgan fingerprint density at radius 2 is 1.59 bits per heavy atom. The normalized spacial score (nSPS) is 13.9. The van der Waals surface area contributed by atoms with E-state index in [-0.39, 0.29) is 30.5 Å². The zero-order valence-corrected chi connectivity index (χ0v) is 16.3.